The van der Waals surface area contributed by atoms with Gasteiger partial charge < -0.3 is 15.0 Å². The summed E-state index contributed by atoms with van der Waals surface area (Å²) < 4.78 is 6.82. The van der Waals surface area contributed by atoms with Gasteiger partial charge >= 0.3 is 0 Å². The second-order valence-electron chi connectivity index (χ2n) is 9.03. The highest BCUT2D eigenvalue weighted by atomic mass is 16.5. The molecule has 1 N–H and O–H groups in total. The topological polar surface area (TPSA) is 79.7 Å². The molecule has 8 nitrogen and oxygen atoms in total. The number of hydrogen-bond acceptors (Lipinski definition) is 5. The highest BCUT2D eigenvalue weighted by Crippen LogP contribution is 2.28. The summed E-state index contributed by atoms with van der Waals surface area (Å²) in [7, 11) is 3.52. The van der Waals surface area contributed by atoms with Gasteiger partial charge in [-0.1, -0.05) is 30.3 Å². The quantitative estimate of drug-likeness (QED) is 0.618. The largest absolute Gasteiger partial charge is 0.385 e. The second-order valence-corrected chi connectivity index (χ2v) is 9.03. The maximum atomic E-state index is 13.1. The number of aromatic nitrogens is 2. The minimum Gasteiger partial charge on any atom is -0.385 e. The molecule has 2 amide bonds. The van der Waals surface area contributed by atoms with Crippen LogP contribution in [-0.2, 0) is 29.5 Å². The number of nitrogens with one attached hydrogen (secondary N) is 1. The van der Waals surface area contributed by atoms with E-state index in [9.17, 15) is 9.59 Å². The van der Waals surface area contributed by atoms with Gasteiger partial charge in [-0.15, -0.1) is 0 Å². The van der Waals surface area contributed by atoms with Crippen molar-refractivity contribution >= 4 is 11.8 Å². The van der Waals surface area contributed by atoms with Gasteiger partial charge in [0.25, 0.3) is 5.91 Å². The van der Waals surface area contributed by atoms with E-state index in [0.717, 1.165) is 50.0 Å². The van der Waals surface area contributed by atoms with Crippen LogP contribution in [0.1, 0.15) is 52.5 Å². The van der Waals surface area contributed by atoms with E-state index in [1.165, 1.54) is 5.56 Å². The molecule has 1 aromatic heterocycles. The molecule has 2 aromatic rings. The standard InChI is InChI=1S/C25H35N5O3/c1-28-22-11-15-30(17-21(22)24(27-28)25(32)26-12-6-16-33-2)23(31)18-29-13-9-20(10-14-29)19-7-4-3-5-8-19/h3-5,7-8,20H,6,9-18H2,1-2H3,(H,26,32). The van der Waals surface area contributed by atoms with Crippen LogP contribution in [0.3, 0.4) is 0 Å². The molecular weight excluding hydrogens is 418 g/mol. The maximum Gasteiger partial charge on any atom is 0.272 e. The summed E-state index contributed by atoms with van der Waals surface area (Å²) >= 11 is 0. The van der Waals surface area contributed by atoms with Crippen LogP contribution < -0.4 is 5.32 Å². The average Bonchev–Trinajstić information content (AvgIpc) is 3.18. The molecule has 0 spiro atoms. The Labute approximate surface area is 195 Å². The number of nitrogens with zero attached hydrogens (tertiary/aromatic N) is 4. The van der Waals surface area contributed by atoms with Crippen LogP contribution in [0.2, 0.25) is 0 Å². The Morgan fingerprint density at radius 2 is 1.91 bits per heavy atom. The lowest BCUT2D eigenvalue weighted by Gasteiger charge is -2.34. The normalized spacial score (nSPS) is 17.1. The van der Waals surface area contributed by atoms with Crippen molar-refractivity contribution in [2.24, 2.45) is 7.05 Å². The number of carbonyl (C=O) groups is 2. The van der Waals surface area contributed by atoms with Crippen LogP contribution in [0.25, 0.3) is 0 Å². The number of amides is 2. The average molecular weight is 454 g/mol. The third-order valence-electron chi connectivity index (χ3n) is 6.84. The lowest BCUT2D eigenvalue weighted by atomic mass is 9.89. The predicted octanol–water partition coefficient (Wildman–Crippen LogP) is 1.95. The molecule has 1 aromatic carbocycles. The fourth-order valence-electron chi connectivity index (χ4n) is 4.93. The van der Waals surface area contributed by atoms with Gasteiger partial charge in [-0.3, -0.25) is 19.2 Å². The van der Waals surface area contributed by atoms with Crippen LogP contribution in [-0.4, -0.2) is 77.8 Å². The number of fused-ring (bicyclic) bond motifs is 1. The van der Waals surface area contributed by atoms with E-state index in [0.29, 0.717) is 44.4 Å². The summed E-state index contributed by atoms with van der Waals surface area (Å²) in [5.74, 6) is 0.532. The Hall–Kier alpha value is -2.71. The van der Waals surface area contributed by atoms with Crippen LogP contribution in [0, 0.1) is 0 Å². The van der Waals surface area contributed by atoms with Gasteiger partial charge in [-0.2, -0.15) is 5.10 Å². The smallest absolute Gasteiger partial charge is 0.272 e. The lowest BCUT2D eigenvalue weighted by molar-refractivity contribution is -0.133. The first-order valence-corrected chi connectivity index (χ1v) is 11.9. The Morgan fingerprint density at radius 3 is 2.64 bits per heavy atom. The Balaban J connectivity index is 1.32. The first-order valence-electron chi connectivity index (χ1n) is 11.9. The molecule has 0 atom stereocenters. The van der Waals surface area contributed by atoms with Gasteiger partial charge in [-0.05, 0) is 43.8 Å². The summed E-state index contributed by atoms with van der Waals surface area (Å²) in [6.45, 7) is 4.57. The van der Waals surface area contributed by atoms with Crippen molar-refractivity contribution in [2.75, 3.05) is 46.4 Å². The minimum atomic E-state index is -0.180. The highest BCUT2D eigenvalue weighted by Gasteiger charge is 2.30. The number of hydrogen-bond donors (Lipinski definition) is 1. The van der Waals surface area contributed by atoms with Gasteiger partial charge in [0.2, 0.25) is 5.91 Å². The van der Waals surface area contributed by atoms with E-state index in [4.69, 9.17) is 4.74 Å². The van der Waals surface area contributed by atoms with E-state index in [1.54, 1.807) is 11.8 Å². The molecule has 1 fully saturated rings. The monoisotopic (exact) mass is 453 g/mol. The number of rotatable bonds is 8. The zero-order chi connectivity index (χ0) is 23.2. The SMILES string of the molecule is COCCCNC(=O)c1nn(C)c2c1CN(C(=O)CN1CCC(c3ccccc3)CC1)CC2. The number of carbonyl (C=O) groups excluding carboxylic acids is 2. The molecule has 8 heteroatoms. The Bertz CT molecular complexity index is 950. The molecule has 3 heterocycles. The molecule has 1 saturated heterocycles. The molecule has 0 unspecified atom stereocenters. The maximum absolute atomic E-state index is 13.1. The number of methoxy groups -OCH3 is 1. The van der Waals surface area contributed by atoms with Gasteiger partial charge in [-0.25, -0.2) is 0 Å². The van der Waals surface area contributed by atoms with Crippen molar-refractivity contribution in [3.8, 4) is 0 Å². The van der Waals surface area contributed by atoms with Crippen LogP contribution >= 0.6 is 0 Å². The predicted molar refractivity (Wildman–Crippen MR) is 126 cm³/mol. The van der Waals surface area contributed by atoms with E-state index in [1.807, 2.05) is 11.9 Å². The summed E-state index contributed by atoms with van der Waals surface area (Å²) in [5.41, 5.74) is 3.76. The summed E-state index contributed by atoms with van der Waals surface area (Å²) in [5, 5.41) is 7.38. The van der Waals surface area contributed by atoms with Crippen molar-refractivity contribution in [3.05, 3.63) is 52.8 Å². The molecular formula is C25H35N5O3. The van der Waals surface area contributed by atoms with Gasteiger partial charge in [0, 0.05) is 58.1 Å². The molecule has 2 aliphatic heterocycles. The zero-order valence-electron chi connectivity index (χ0n) is 19.8. The lowest BCUT2D eigenvalue weighted by Crippen LogP contribution is -2.45. The molecule has 33 heavy (non-hydrogen) atoms. The van der Waals surface area contributed by atoms with E-state index in [-0.39, 0.29) is 11.8 Å². The highest BCUT2D eigenvalue weighted by molar-refractivity contribution is 5.94. The van der Waals surface area contributed by atoms with E-state index in [2.05, 4.69) is 45.6 Å². The second kappa shape index (κ2) is 10.9. The molecule has 178 valence electrons. The first kappa shape index (κ1) is 23.4. The molecule has 2 aliphatic rings. The van der Waals surface area contributed by atoms with E-state index < -0.39 is 0 Å². The molecule has 4 rings (SSSR count). The number of likely N-dealkylation sites (tertiary alicyclic amines) is 1. The third kappa shape index (κ3) is 5.62. The van der Waals surface area contributed by atoms with E-state index >= 15 is 0 Å². The van der Waals surface area contributed by atoms with Crippen LogP contribution in [0.5, 0.6) is 0 Å². The van der Waals surface area contributed by atoms with Crippen LogP contribution in [0.15, 0.2) is 30.3 Å². The van der Waals surface area contributed by atoms with Crippen molar-refractivity contribution in [3.63, 3.8) is 0 Å². The number of benzene rings is 1. The number of piperidine rings is 1. The number of aryl methyl sites for hydroxylation is 1. The minimum absolute atomic E-state index is 0.133. The third-order valence-corrected chi connectivity index (χ3v) is 6.84. The summed E-state index contributed by atoms with van der Waals surface area (Å²) in [4.78, 5) is 29.9. The Morgan fingerprint density at radius 1 is 1.15 bits per heavy atom. The molecule has 0 aliphatic carbocycles. The van der Waals surface area contributed by atoms with Gasteiger partial charge in [0.15, 0.2) is 5.69 Å². The number of ether oxygens (including phenoxy) is 1. The zero-order valence-corrected chi connectivity index (χ0v) is 19.8. The first-order chi connectivity index (χ1) is 16.1. The fraction of sp³-hybridized carbons (Fsp3) is 0.560. The van der Waals surface area contributed by atoms with Crippen LogP contribution in [0.4, 0.5) is 0 Å². The molecule has 0 radical (unpaired) electrons. The van der Waals surface area contributed by atoms with Gasteiger partial charge in [0.1, 0.15) is 0 Å². The fourth-order valence-corrected chi connectivity index (χ4v) is 4.93. The van der Waals surface area contributed by atoms with Crippen molar-refractivity contribution < 1.29 is 14.3 Å². The summed E-state index contributed by atoms with van der Waals surface area (Å²) in [6, 6.07) is 10.7. The summed E-state index contributed by atoms with van der Waals surface area (Å²) in [6.07, 6.45) is 3.63. The van der Waals surface area contributed by atoms with Crippen molar-refractivity contribution in [2.45, 2.75) is 38.1 Å². The van der Waals surface area contributed by atoms with Gasteiger partial charge in [0.05, 0.1) is 6.54 Å². The van der Waals surface area contributed by atoms with Crippen molar-refractivity contribution in [1.82, 2.24) is 24.9 Å². The molecule has 0 saturated carbocycles. The molecule has 0 bridgehead atoms. The van der Waals surface area contributed by atoms with Crippen molar-refractivity contribution in [1.29, 1.82) is 0 Å². The Kier molecular flexibility index (Phi) is 7.77.